The molecular weight excluding hydrogens is 353 g/mol. The summed E-state index contributed by atoms with van der Waals surface area (Å²) in [4.78, 5) is 26.4. The van der Waals surface area contributed by atoms with Crippen LogP contribution in [0.25, 0.3) is 0 Å². The quantitative estimate of drug-likeness (QED) is 0.831. The fraction of sp³-hybridized carbons (Fsp3) is 0.579. The number of halogens is 1. The third-order valence-electron chi connectivity index (χ3n) is 5.93. The summed E-state index contributed by atoms with van der Waals surface area (Å²) < 4.78 is 20.0. The first-order valence-electron chi connectivity index (χ1n) is 9.22. The lowest BCUT2D eigenvalue weighted by atomic mass is 9.57. The molecule has 27 heavy (non-hydrogen) atoms. The van der Waals surface area contributed by atoms with Crippen LogP contribution in [0.5, 0.6) is 0 Å². The zero-order valence-electron chi connectivity index (χ0n) is 15.4. The van der Waals surface area contributed by atoms with E-state index < -0.39 is 18.0 Å². The molecule has 4 atom stereocenters. The second-order valence-electron chi connectivity index (χ2n) is 8.13. The predicted molar refractivity (Wildman–Crippen MR) is 97.1 cm³/mol. The molecule has 4 aliphatic rings. The first kappa shape index (κ1) is 18.0. The van der Waals surface area contributed by atoms with Gasteiger partial charge in [-0.15, -0.1) is 0 Å². The highest BCUT2D eigenvalue weighted by molar-refractivity contribution is 5.90. The number of anilines is 2. The maximum Gasteiger partial charge on any atom is 0.414 e. The molecule has 4 fully saturated rings. The van der Waals surface area contributed by atoms with Gasteiger partial charge >= 0.3 is 6.09 Å². The van der Waals surface area contributed by atoms with Crippen molar-refractivity contribution < 1.29 is 23.8 Å². The van der Waals surface area contributed by atoms with Crippen molar-refractivity contribution in [2.45, 2.75) is 32.5 Å². The van der Waals surface area contributed by atoms with Gasteiger partial charge < -0.3 is 20.1 Å². The average Bonchev–Trinajstić information content (AvgIpc) is 2.99. The molecule has 3 aliphatic heterocycles. The summed E-state index contributed by atoms with van der Waals surface area (Å²) in [6, 6.07) is 4.73. The fourth-order valence-electron chi connectivity index (χ4n) is 4.55. The summed E-state index contributed by atoms with van der Waals surface area (Å²) >= 11 is 0. The molecule has 1 saturated carbocycles. The number of aliphatic hydroxyl groups excluding tert-OH is 1. The molecule has 2 bridgehead atoms. The Kier molecular flexibility index (Phi) is 4.25. The smallest absolute Gasteiger partial charge is 0.414 e. The second-order valence-corrected chi connectivity index (χ2v) is 8.13. The van der Waals surface area contributed by atoms with Crippen LogP contribution >= 0.6 is 0 Å². The molecule has 7 nitrogen and oxygen atoms in total. The first-order valence-corrected chi connectivity index (χ1v) is 9.22. The van der Waals surface area contributed by atoms with E-state index in [-0.39, 0.29) is 36.4 Å². The number of benzene rings is 1. The maximum absolute atomic E-state index is 14.8. The van der Waals surface area contributed by atoms with Crippen molar-refractivity contribution in [1.82, 2.24) is 5.32 Å². The molecule has 5 rings (SSSR count). The molecule has 146 valence electrons. The van der Waals surface area contributed by atoms with Crippen LogP contribution in [0.4, 0.5) is 20.6 Å². The minimum absolute atomic E-state index is 0.177. The highest BCUT2D eigenvalue weighted by Gasteiger charge is 2.55. The van der Waals surface area contributed by atoms with Gasteiger partial charge in [0.15, 0.2) is 0 Å². The van der Waals surface area contributed by atoms with E-state index >= 15 is 0 Å². The topological polar surface area (TPSA) is 82.1 Å². The van der Waals surface area contributed by atoms with Crippen molar-refractivity contribution in [3.05, 3.63) is 24.0 Å². The van der Waals surface area contributed by atoms with E-state index in [0.717, 1.165) is 6.42 Å². The Morgan fingerprint density at radius 3 is 2.85 bits per heavy atom. The minimum atomic E-state index is -0.549. The molecule has 8 heteroatoms. The molecule has 3 unspecified atom stereocenters. The molecule has 0 radical (unpaired) electrons. The number of cyclic esters (lactones) is 1. The van der Waals surface area contributed by atoms with Crippen molar-refractivity contribution in [3.63, 3.8) is 0 Å². The number of carbonyl (C=O) groups excluding carboxylic acids is 2. The number of amides is 2. The van der Waals surface area contributed by atoms with Crippen LogP contribution in [0.2, 0.25) is 0 Å². The second kappa shape index (κ2) is 6.37. The predicted octanol–water partition coefficient (Wildman–Crippen LogP) is 1.49. The summed E-state index contributed by atoms with van der Waals surface area (Å²) in [6.45, 7) is 5.17. The van der Waals surface area contributed by atoms with Crippen LogP contribution in [-0.2, 0) is 9.53 Å². The van der Waals surface area contributed by atoms with Gasteiger partial charge in [0.25, 0.3) is 0 Å². The van der Waals surface area contributed by atoms with Gasteiger partial charge in [-0.25, -0.2) is 9.18 Å². The monoisotopic (exact) mass is 377 g/mol. The van der Waals surface area contributed by atoms with E-state index in [1.165, 1.54) is 17.9 Å². The Hall–Kier alpha value is -2.35. The number of nitrogens with zero attached hydrogens (tertiary/aromatic N) is 2. The number of hydrogen-bond acceptors (Lipinski definition) is 5. The number of nitrogens with one attached hydrogen (secondary N) is 1. The van der Waals surface area contributed by atoms with E-state index in [4.69, 9.17) is 4.74 Å². The molecule has 3 heterocycles. The molecule has 2 N–H and O–H groups in total. The number of aliphatic hydroxyl groups is 1. The third-order valence-corrected chi connectivity index (χ3v) is 5.93. The number of ether oxygens (including phenoxy) is 1. The Labute approximate surface area is 157 Å². The van der Waals surface area contributed by atoms with Crippen LogP contribution in [0.15, 0.2) is 18.2 Å². The van der Waals surface area contributed by atoms with Crippen molar-refractivity contribution in [3.8, 4) is 0 Å². The van der Waals surface area contributed by atoms with Crippen molar-refractivity contribution >= 4 is 23.4 Å². The summed E-state index contributed by atoms with van der Waals surface area (Å²) in [7, 11) is 0. The number of carbonyl (C=O) groups is 2. The number of hydrogen-bond donors (Lipinski definition) is 2. The highest BCUT2D eigenvalue weighted by Crippen LogP contribution is 2.51. The maximum atomic E-state index is 14.8. The Balaban J connectivity index is 1.46. The lowest BCUT2D eigenvalue weighted by Gasteiger charge is -2.59. The van der Waals surface area contributed by atoms with Gasteiger partial charge in [-0.3, -0.25) is 9.69 Å². The Morgan fingerprint density at radius 1 is 1.44 bits per heavy atom. The normalized spacial score (nSPS) is 32.1. The van der Waals surface area contributed by atoms with Gasteiger partial charge in [0, 0.05) is 31.3 Å². The van der Waals surface area contributed by atoms with Gasteiger partial charge in [-0.2, -0.15) is 0 Å². The van der Waals surface area contributed by atoms with Crippen molar-refractivity contribution in [1.29, 1.82) is 0 Å². The zero-order chi connectivity index (χ0) is 19.3. The van der Waals surface area contributed by atoms with E-state index in [9.17, 15) is 19.1 Å². The van der Waals surface area contributed by atoms with Gasteiger partial charge in [0.2, 0.25) is 5.91 Å². The van der Waals surface area contributed by atoms with Gasteiger partial charge in [-0.1, -0.05) is 6.92 Å². The summed E-state index contributed by atoms with van der Waals surface area (Å²) in [6.07, 6.45) is -0.345. The molecule has 0 aromatic heterocycles. The molecule has 1 aliphatic carbocycles. The van der Waals surface area contributed by atoms with Gasteiger partial charge in [0.05, 0.1) is 30.6 Å². The molecular formula is C19H24FN3O4. The van der Waals surface area contributed by atoms with Crippen molar-refractivity contribution in [2.24, 2.45) is 11.3 Å². The van der Waals surface area contributed by atoms with Gasteiger partial charge in [0.1, 0.15) is 11.9 Å². The van der Waals surface area contributed by atoms with Gasteiger partial charge in [-0.05, 0) is 24.6 Å². The zero-order valence-corrected chi connectivity index (χ0v) is 15.4. The minimum Gasteiger partial charge on any atom is -0.442 e. The standard InChI is InChI=1S/C19H24FN3O4/c1-11(24)21-7-14-9-23(18(26)27-14)13-3-4-16(15(20)5-13)22-8-12-6-19(2,10-22)17(12)25/h3-5,12,14,17,25H,6-10H2,1-2H3,(H,21,24)/t12?,14-,17?,19?/m0/s1. The van der Waals surface area contributed by atoms with Crippen LogP contribution in [-0.4, -0.2) is 55.5 Å². The van der Waals surface area contributed by atoms with E-state index in [2.05, 4.69) is 5.32 Å². The van der Waals surface area contributed by atoms with E-state index in [1.54, 1.807) is 12.1 Å². The largest absolute Gasteiger partial charge is 0.442 e. The third kappa shape index (κ3) is 3.12. The summed E-state index contributed by atoms with van der Waals surface area (Å²) in [5.74, 6) is -0.408. The molecule has 1 aromatic rings. The van der Waals surface area contributed by atoms with E-state index in [0.29, 0.717) is 24.5 Å². The summed E-state index contributed by atoms with van der Waals surface area (Å²) in [5.41, 5.74) is 0.743. The molecule has 1 aromatic carbocycles. The van der Waals surface area contributed by atoms with E-state index in [1.807, 2.05) is 11.8 Å². The Bertz CT molecular complexity index is 788. The number of piperidine rings is 2. The first-order chi connectivity index (χ1) is 12.8. The fourth-order valence-corrected chi connectivity index (χ4v) is 4.55. The number of fused-ring (bicyclic) bond motifs is 2. The Morgan fingerprint density at radius 2 is 2.22 bits per heavy atom. The number of rotatable bonds is 4. The molecule has 2 amide bonds. The lowest BCUT2D eigenvalue weighted by Crippen LogP contribution is -2.65. The average molecular weight is 377 g/mol. The lowest BCUT2D eigenvalue weighted by molar-refractivity contribution is -0.121. The van der Waals surface area contributed by atoms with Crippen molar-refractivity contribution in [2.75, 3.05) is 36.0 Å². The molecule has 0 spiro atoms. The van der Waals surface area contributed by atoms with Crippen LogP contribution < -0.4 is 15.1 Å². The SMILES string of the molecule is CC(=O)NC[C@H]1CN(c2ccc(N3CC4CC(C)(C3)C4O)c(F)c2)C(=O)O1. The molecule has 3 saturated heterocycles. The van der Waals surface area contributed by atoms with Crippen LogP contribution in [0.1, 0.15) is 20.3 Å². The van der Waals surface area contributed by atoms with Crippen LogP contribution in [0.3, 0.4) is 0 Å². The highest BCUT2D eigenvalue weighted by atomic mass is 19.1. The van der Waals surface area contributed by atoms with Crippen LogP contribution in [0, 0.1) is 17.2 Å². The summed E-state index contributed by atoms with van der Waals surface area (Å²) in [5, 5.41) is 12.8.